The molecule has 0 radical (unpaired) electrons. The molecule has 0 spiro atoms. The number of hydrogen-bond donors (Lipinski definition) is 1. The summed E-state index contributed by atoms with van der Waals surface area (Å²) in [5.74, 6) is 1.00. The van der Waals surface area contributed by atoms with Crippen molar-refractivity contribution < 1.29 is 9.47 Å². The molecule has 1 aromatic heterocycles. The van der Waals surface area contributed by atoms with Gasteiger partial charge in [0.2, 0.25) is 11.8 Å². The van der Waals surface area contributed by atoms with Crippen LogP contribution >= 0.6 is 0 Å². The smallest absolute Gasteiger partial charge is 0.240 e. The molecule has 0 aromatic carbocycles. The summed E-state index contributed by atoms with van der Waals surface area (Å²) in [5, 5.41) is 0. The van der Waals surface area contributed by atoms with Crippen LogP contribution in [-0.2, 0) is 0 Å². The molecule has 1 heterocycles. The second kappa shape index (κ2) is 5.44. The molecule has 0 unspecified atom stereocenters. The van der Waals surface area contributed by atoms with E-state index in [1.54, 1.807) is 12.1 Å². The van der Waals surface area contributed by atoms with Crippen molar-refractivity contribution in [2.24, 2.45) is 0 Å². The average Bonchev–Trinajstić information content (AvgIpc) is 2.18. The maximum Gasteiger partial charge on any atom is 0.240 e. The minimum absolute atomic E-state index is 0.0567. The molecule has 84 valence electrons. The second-order valence-corrected chi connectivity index (χ2v) is 3.56. The highest BCUT2D eigenvalue weighted by Crippen LogP contribution is 2.23. The minimum Gasteiger partial charge on any atom is -0.478 e. The number of nitrogens with two attached hydrogens (primary N) is 1. The van der Waals surface area contributed by atoms with Gasteiger partial charge in [0.05, 0.1) is 18.4 Å². The molecule has 1 rings (SSSR count). The summed E-state index contributed by atoms with van der Waals surface area (Å²) < 4.78 is 10.8. The van der Waals surface area contributed by atoms with E-state index in [2.05, 4.69) is 4.98 Å². The Morgan fingerprint density at radius 2 is 2.13 bits per heavy atom. The number of nitrogen functional groups attached to an aromatic ring is 1. The van der Waals surface area contributed by atoms with Crippen LogP contribution in [0.1, 0.15) is 27.2 Å². The third-order valence-corrected chi connectivity index (χ3v) is 1.67. The van der Waals surface area contributed by atoms with Crippen molar-refractivity contribution >= 4 is 5.69 Å². The molecule has 15 heavy (non-hydrogen) atoms. The molecule has 0 atom stereocenters. The first-order valence-corrected chi connectivity index (χ1v) is 5.19. The lowest BCUT2D eigenvalue weighted by Crippen LogP contribution is -2.09. The summed E-state index contributed by atoms with van der Waals surface area (Å²) in [5.41, 5.74) is 6.26. The van der Waals surface area contributed by atoms with E-state index in [1.807, 2.05) is 20.8 Å². The second-order valence-electron chi connectivity index (χ2n) is 3.56. The maximum atomic E-state index is 5.72. The first-order valence-electron chi connectivity index (χ1n) is 5.19. The van der Waals surface area contributed by atoms with Crippen molar-refractivity contribution in [3.8, 4) is 11.8 Å². The Morgan fingerprint density at radius 3 is 2.73 bits per heavy atom. The minimum atomic E-state index is 0.0567. The number of nitrogens with zero attached hydrogens (tertiary/aromatic N) is 1. The van der Waals surface area contributed by atoms with Crippen molar-refractivity contribution in [1.29, 1.82) is 0 Å². The summed E-state index contributed by atoms with van der Waals surface area (Å²) in [4.78, 5) is 4.18. The zero-order chi connectivity index (χ0) is 11.3. The molecule has 2 N–H and O–H groups in total. The molecule has 0 saturated carbocycles. The molecule has 4 nitrogen and oxygen atoms in total. The predicted molar refractivity (Wildman–Crippen MR) is 60.2 cm³/mol. The Morgan fingerprint density at radius 1 is 1.40 bits per heavy atom. The first-order chi connectivity index (χ1) is 7.13. The Labute approximate surface area is 90.4 Å². The maximum absolute atomic E-state index is 5.72. The van der Waals surface area contributed by atoms with Crippen LogP contribution in [0.5, 0.6) is 11.8 Å². The number of ether oxygens (including phenoxy) is 2. The molecule has 1 aromatic rings. The van der Waals surface area contributed by atoms with E-state index in [1.165, 1.54) is 0 Å². The Bertz CT molecular complexity index is 313. The highest BCUT2D eigenvalue weighted by Gasteiger charge is 2.06. The summed E-state index contributed by atoms with van der Waals surface area (Å²) in [6.45, 7) is 6.56. The quantitative estimate of drug-likeness (QED) is 0.809. The highest BCUT2D eigenvalue weighted by molar-refractivity contribution is 5.49. The van der Waals surface area contributed by atoms with E-state index in [9.17, 15) is 0 Å². The topological polar surface area (TPSA) is 57.4 Å². The number of anilines is 1. The highest BCUT2D eigenvalue weighted by atomic mass is 16.5. The monoisotopic (exact) mass is 210 g/mol. The van der Waals surface area contributed by atoms with Crippen LogP contribution in [0, 0.1) is 0 Å². The number of rotatable bonds is 5. The van der Waals surface area contributed by atoms with Gasteiger partial charge in [0, 0.05) is 6.07 Å². The Kier molecular flexibility index (Phi) is 4.21. The van der Waals surface area contributed by atoms with Crippen LogP contribution in [0.4, 0.5) is 5.69 Å². The molecule has 0 aliphatic heterocycles. The van der Waals surface area contributed by atoms with Crippen LogP contribution < -0.4 is 15.2 Å². The fraction of sp³-hybridized carbons (Fsp3) is 0.545. The SMILES string of the molecule is CCCOc1ccc(N)c(OC(C)C)n1. The standard InChI is InChI=1S/C11H18N2O2/c1-4-7-14-10-6-5-9(12)11(13-10)15-8(2)3/h5-6,8H,4,7,12H2,1-3H3. The van der Waals surface area contributed by atoms with Crippen molar-refractivity contribution in [3.05, 3.63) is 12.1 Å². The van der Waals surface area contributed by atoms with E-state index in [-0.39, 0.29) is 6.10 Å². The van der Waals surface area contributed by atoms with Gasteiger partial charge < -0.3 is 15.2 Å². The number of hydrogen-bond acceptors (Lipinski definition) is 4. The van der Waals surface area contributed by atoms with E-state index in [4.69, 9.17) is 15.2 Å². The van der Waals surface area contributed by atoms with Crippen molar-refractivity contribution in [3.63, 3.8) is 0 Å². The predicted octanol–water partition coefficient (Wildman–Crippen LogP) is 2.24. The first kappa shape index (κ1) is 11.6. The summed E-state index contributed by atoms with van der Waals surface area (Å²) in [6.07, 6.45) is 1.01. The Hall–Kier alpha value is -1.45. The molecular weight excluding hydrogens is 192 g/mol. The van der Waals surface area contributed by atoms with E-state index in [0.717, 1.165) is 6.42 Å². The molecule has 0 fully saturated rings. The van der Waals surface area contributed by atoms with E-state index >= 15 is 0 Å². The van der Waals surface area contributed by atoms with Crippen LogP contribution in [0.15, 0.2) is 12.1 Å². The van der Waals surface area contributed by atoms with E-state index < -0.39 is 0 Å². The van der Waals surface area contributed by atoms with Crippen molar-refractivity contribution in [2.45, 2.75) is 33.3 Å². The third-order valence-electron chi connectivity index (χ3n) is 1.67. The molecule has 0 aliphatic carbocycles. The average molecular weight is 210 g/mol. The zero-order valence-corrected chi connectivity index (χ0v) is 9.49. The van der Waals surface area contributed by atoms with Gasteiger partial charge in [-0.05, 0) is 26.3 Å². The van der Waals surface area contributed by atoms with Gasteiger partial charge >= 0.3 is 0 Å². The lowest BCUT2D eigenvalue weighted by atomic mass is 10.4. The molecule has 0 saturated heterocycles. The van der Waals surface area contributed by atoms with Gasteiger partial charge in [-0.1, -0.05) is 6.92 Å². The van der Waals surface area contributed by atoms with Gasteiger partial charge in [-0.2, -0.15) is 4.98 Å². The lowest BCUT2D eigenvalue weighted by Gasteiger charge is -2.12. The summed E-state index contributed by atoms with van der Waals surface area (Å²) in [7, 11) is 0. The number of aromatic nitrogens is 1. The molecule has 0 aliphatic rings. The van der Waals surface area contributed by atoms with Crippen molar-refractivity contribution in [2.75, 3.05) is 12.3 Å². The fourth-order valence-corrected chi connectivity index (χ4v) is 1.04. The summed E-state index contributed by atoms with van der Waals surface area (Å²) >= 11 is 0. The summed E-state index contributed by atoms with van der Waals surface area (Å²) in [6, 6.07) is 3.49. The Balaban J connectivity index is 2.75. The van der Waals surface area contributed by atoms with Crippen molar-refractivity contribution in [1.82, 2.24) is 4.98 Å². The van der Waals surface area contributed by atoms with Crippen LogP contribution in [0.2, 0.25) is 0 Å². The fourth-order valence-electron chi connectivity index (χ4n) is 1.04. The normalized spacial score (nSPS) is 10.4. The van der Waals surface area contributed by atoms with Gasteiger partial charge in [0.1, 0.15) is 0 Å². The van der Waals surface area contributed by atoms with Gasteiger partial charge in [-0.25, -0.2) is 0 Å². The van der Waals surface area contributed by atoms with Gasteiger partial charge in [0.25, 0.3) is 0 Å². The zero-order valence-electron chi connectivity index (χ0n) is 9.49. The lowest BCUT2D eigenvalue weighted by molar-refractivity contribution is 0.227. The van der Waals surface area contributed by atoms with Gasteiger partial charge in [-0.3, -0.25) is 0 Å². The number of pyridine rings is 1. The van der Waals surface area contributed by atoms with E-state index in [0.29, 0.717) is 24.1 Å². The van der Waals surface area contributed by atoms with Gasteiger partial charge in [0.15, 0.2) is 0 Å². The van der Waals surface area contributed by atoms with Crippen LogP contribution in [0.3, 0.4) is 0 Å². The largest absolute Gasteiger partial charge is 0.478 e. The van der Waals surface area contributed by atoms with Crippen LogP contribution in [-0.4, -0.2) is 17.7 Å². The van der Waals surface area contributed by atoms with Gasteiger partial charge in [-0.15, -0.1) is 0 Å². The molecular formula is C11H18N2O2. The molecule has 0 amide bonds. The molecule has 0 bridgehead atoms. The third kappa shape index (κ3) is 3.65. The van der Waals surface area contributed by atoms with Crippen LogP contribution in [0.25, 0.3) is 0 Å². The molecule has 4 heteroatoms.